The summed E-state index contributed by atoms with van der Waals surface area (Å²) in [5.41, 5.74) is 0.890. The maximum atomic E-state index is 11.9. The van der Waals surface area contributed by atoms with E-state index in [4.69, 9.17) is 0 Å². The number of carbonyl (C=O) groups is 1. The third-order valence-corrected chi connectivity index (χ3v) is 4.57. The lowest BCUT2D eigenvalue weighted by atomic mass is 10.0. The van der Waals surface area contributed by atoms with E-state index >= 15 is 0 Å². The maximum Gasteiger partial charge on any atom is 0.237 e. The first-order valence-corrected chi connectivity index (χ1v) is 8.66. The van der Waals surface area contributed by atoms with Gasteiger partial charge < -0.3 is 10.6 Å². The van der Waals surface area contributed by atoms with Crippen LogP contribution in [-0.4, -0.2) is 33.2 Å². The van der Waals surface area contributed by atoms with Gasteiger partial charge in [0.05, 0.1) is 10.9 Å². The summed E-state index contributed by atoms with van der Waals surface area (Å²) in [6, 6.07) is 6.49. The average Bonchev–Trinajstić information content (AvgIpc) is 2.45. The Kier molecular flexibility index (Phi) is 4.77. The van der Waals surface area contributed by atoms with E-state index < -0.39 is 9.84 Å². The number of carbonyl (C=O) groups excluding carboxylic acids is 1. The first-order chi connectivity index (χ1) is 9.47. The zero-order chi connectivity index (χ0) is 14.6. The predicted octanol–water partition coefficient (Wildman–Crippen LogP) is 0.848. The summed E-state index contributed by atoms with van der Waals surface area (Å²) >= 11 is 0. The highest BCUT2D eigenvalue weighted by atomic mass is 32.2. The van der Waals surface area contributed by atoms with Gasteiger partial charge in [-0.1, -0.05) is 18.6 Å². The first-order valence-electron chi connectivity index (χ1n) is 6.77. The van der Waals surface area contributed by atoms with Crippen LogP contribution in [0.3, 0.4) is 0 Å². The number of benzene rings is 1. The minimum absolute atomic E-state index is 0.0110. The van der Waals surface area contributed by atoms with Crippen LogP contribution in [0.5, 0.6) is 0 Å². The van der Waals surface area contributed by atoms with Crippen LogP contribution in [0.4, 0.5) is 0 Å². The quantitative estimate of drug-likeness (QED) is 0.863. The van der Waals surface area contributed by atoms with Crippen LogP contribution in [0, 0.1) is 0 Å². The number of hydrogen-bond donors (Lipinski definition) is 2. The molecule has 1 fully saturated rings. The van der Waals surface area contributed by atoms with E-state index in [1.165, 1.54) is 6.26 Å². The molecule has 2 rings (SSSR count). The highest BCUT2D eigenvalue weighted by Crippen LogP contribution is 2.11. The van der Waals surface area contributed by atoms with Gasteiger partial charge in [0.25, 0.3) is 0 Å². The Morgan fingerprint density at radius 3 is 2.55 bits per heavy atom. The van der Waals surface area contributed by atoms with E-state index in [0.717, 1.165) is 31.4 Å². The van der Waals surface area contributed by atoms with Crippen molar-refractivity contribution in [2.75, 3.05) is 12.8 Å². The van der Waals surface area contributed by atoms with Gasteiger partial charge in [0.1, 0.15) is 0 Å². The van der Waals surface area contributed by atoms with Gasteiger partial charge in [-0.3, -0.25) is 4.79 Å². The molecule has 110 valence electrons. The lowest BCUT2D eigenvalue weighted by Crippen LogP contribution is -2.46. The Morgan fingerprint density at radius 1 is 1.30 bits per heavy atom. The van der Waals surface area contributed by atoms with Crippen LogP contribution in [0.1, 0.15) is 24.8 Å². The molecule has 1 aliphatic rings. The van der Waals surface area contributed by atoms with Gasteiger partial charge in [0, 0.05) is 12.8 Å². The SMILES string of the molecule is CS(=O)(=O)c1ccc(CNC(=O)[C@@H]2CCCCN2)cc1. The molecule has 2 N–H and O–H groups in total. The van der Waals surface area contributed by atoms with Crippen molar-refractivity contribution in [2.24, 2.45) is 0 Å². The normalized spacial score (nSPS) is 19.6. The monoisotopic (exact) mass is 296 g/mol. The van der Waals surface area contributed by atoms with E-state index in [1.54, 1.807) is 24.3 Å². The highest BCUT2D eigenvalue weighted by Gasteiger charge is 2.19. The molecule has 1 saturated heterocycles. The minimum Gasteiger partial charge on any atom is -0.351 e. The van der Waals surface area contributed by atoms with E-state index in [2.05, 4.69) is 10.6 Å². The molecule has 1 aromatic rings. The van der Waals surface area contributed by atoms with Crippen molar-refractivity contribution in [3.63, 3.8) is 0 Å². The van der Waals surface area contributed by atoms with Crippen molar-refractivity contribution in [3.05, 3.63) is 29.8 Å². The van der Waals surface area contributed by atoms with E-state index in [9.17, 15) is 13.2 Å². The summed E-state index contributed by atoms with van der Waals surface area (Å²) < 4.78 is 22.7. The molecule has 0 bridgehead atoms. The molecule has 0 radical (unpaired) electrons. The second-order valence-corrected chi connectivity index (χ2v) is 7.15. The zero-order valence-electron chi connectivity index (χ0n) is 11.6. The average molecular weight is 296 g/mol. The van der Waals surface area contributed by atoms with Crippen LogP contribution in [-0.2, 0) is 21.2 Å². The van der Waals surface area contributed by atoms with Crippen molar-refractivity contribution in [1.82, 2.24) is 10.6 Å². The Labute approximate surface area is 119 Å². The van der Waals surface area contributed by atoms with Crippen molar-refractivity contribution in [2.45, 2.75) is 36.7 Å². The second kappa shape index (κ2) is 6.37. The van der Waals surface area contributed by atoms with Gasteiger partial charge >= 0.3 is 0 Å². The highest BCUT2D eigenvalue weighted by molar-refractivity contribution is 7.90. The van der Waals surface area contributed by atoms with Gasteiger partial charge in [-0.15, -0.1) is 0 Å². The van der Waals surface area contributed by atoms with E-state index in [-0.39, 0.29) is 11.9 Å². The van der Waals surface area contributed by atoms with Crippen LogP contribution in [0.15, 0.2) is 29.2 Å². The van der Waals surface area contributed by atoms with Crippen molar-refractivity contribution >= 4 is 15.7 Å². The molecule has 1 atom stereocenters. The topological polar surface area (TPSA) is 75.3 Å². The molecule has 5 nitrogen and oxygen atoms in total. The van der Waals surface area contributed by atoms with Gasteiger partial charge in [-0.25, -0.2) is 8.42 Å². The Balaban J connectivity index is 1.89. The fraction of sp³-hybridized carbons (Fsp3) is 0.500. The molecule has 0 aromatic heterocycles. The lowest BCUT2D eigenvalue weighted by Gasteiger charge is -2.22. The molecule has 6 heteroatoms. The van der Waals surface area contributed by atoms with Gasteiger partial charge in [-0.2, -0.15) is 0 Å². The van der Waals surface area contributed by atoms with Crippen LogP contribution >= 0.6 is 0 Å². The van der Waals surface area contributed by atoms with Crippen LogP contribution < -0.4 is 10.6 Å². The molecular formula is C14H20N2O3S. The number of sulfone groups is 1. The number of hydrogen-bond acceptors (Lipinski definition) is 4. The fourth-order valence-electron chi connectivity index (χ4n) is 2.24. The minimum atomic E-state index is -3.17. The van der Waals surface area contributed by atoms with Crippen molar-refractivity contribution < 1.29 is 13.2 Å². The second-order valence-electron chi connectivity index (χ2n) is 5.14. The van der Waals surface area contributed by atoms with Gasteiger partial charge in [-0.05, 0) is 37.1 Å². The summed E-state index contributed by atoms with van der Waals surface area (Å²) in [4.78, 5) is 12.2. The molecule has 1 aromatic carbocycles. The largest absolute Gasteiger partial charge is 0.351 e. The van der Waals surface area contributed by atoms with Crippen LogP contribution in [0.2, 0.25) is 0 Å². The van der Waals surface area contributed by atoms with Crippen molar-refractivity contribution in [3.8, 4) is 0 Å². The molecule has 1 aliphatic heterocycles. The number of rotatable bonds is 4. The summed E-state index contributed by atoms with van der Waals surface area (Å²) in [6.45, 7) is 1.31. The standard InChI is InChI=1S/C14H20N2O3S/c1-20(18,19)12-7-5-11(6-8-12)10-16-14(17)13-4-2-3-9-15-13/h5-8,13,15H,2-4,9-10H2,1H3,(H,16,17)/t13-/m0/s1. The molecule has 1 amide bonds. The lowest BCUT2D eigenvalue weighted by molar-refractivity contribution is -0.123. The Hall–Kier alpha value is -1.40. The Morgan fingerprint density at radius 2 is 2.00 bits per heavy atom. The fourth-order valence-corrected chi connectivity index (χ4v) is 2.87. The number of nitrogens with one attached hydrogen (secondary N) is 2. The maximum absolute atomic E-state index is 11.9. The number of piperidine rings is 1. The molecule has 0 unspecified atom stereocenters. The first kappa shape index (κ1) is 15.0. The molecule has 0 spiro atoms. The third kappa shape index (κ3) is 4.05. The predicted molar refractivity (Wildman–Crippen MR) is 77.0 cm³/mol. The molecule has 1 heterocycles. The van der Waals surface area contributed by atoms with E-state index in [0.29, 0.717) is 11.4 Å². The zero-order valence-corrected chi connectivity index (χ0v) is 12.4. The van der Waals surface area contributed by atoms with Crippen LogP contribution in [0.25, 0.3) is 0 Å². The molecule has 0 aliphatic carbocycles. The van der Waals surface area contributed by atoms with Crippen molar-refractivity contribution in [1.29, 1.82) is 0 Å². The van der Waals surface area contributed by atoms with Gasteiger partial charge in [0.15, 0.2) is 9.84 Å². The Bertz CT molecular complexity index is 561. The van der Waals surface area contributed by atoms with E-state index in [1.807, 2.05) is 0 Å². The summed E-state index contributed by atoms with van der Waals surface area (Å²) in [5.74, 6) is 0.0110. The number of amides is 1. The molecular weight excluding hydrogens is 276 g/mol. The smallest absolute Gasteiger partial charge is 0.237 e. The summed E-state index contributed by atoms with van der Waals surface area (Å²) in [5, 5.41) is 6.07. The summed E-state index contributed by atoms with van der Waals surface area (Å²) in [7, 11) is -3.17. The third-order valence-electron chi connectivity index (χ3n) is 3.45. The molecule has 0 saturated carbocycles. The summed E-state index contributed by atoms with van der Waals surface area (Å²) in [6.07, 6.45) is 4.25. The molecule has 20 heavy (non-hydrogen) atoms. The van der Waals surface area contributed by atoms with Gasteiger partial charge in [0.2, 0.25) is 5.91 Å².